The van der Waals surface area contributed by atoms with Gasteiger partial charge in [0, 0.05) is 16.3 Å². The highest BCUT2D eigenvalue weighted by atomic mass is 15.4. The SMILES string of the molecule is Nc1ncnc2c1cnn2-c1nnc(-c2ccccc2)c2ccccc12. The lowest BCUT2D eigenvalue weighted by molar-refractivity contribution is 0.840. The summed E-state index contributed by atoms with van der Waals surface area (Å²) in [4.78, 5) is 8.32. The van der Waals surface area contributed by atoms with Crippen LogP contribution < -0.4 is 5.73 Å². The summed E-state index contributed by atoms with van der Waals surface area (Å²) in [5.74, 6) is 0.993. The van der Waals surface area contributed by atoms with Crippen molar-refractivity contribution in [3.05, 3.63) is 67.1 Å². The van der Waals surface area contributed by atoms with E-state index in [1.54, 1.807) is 10.9 Å². The maximum atomic E-state index is 5.92. The second-order valence-electron chi connectivity index (χ2n) is 5.84. The Bertz CT molecular complexity index is 1240. The number of hydrogen-bond donors (Lipinski definition) is 1. The van der Waals surface area contributed by atoms with Crippen LogP contribution in [0.15, 0.2) is 67.1 Å². The largest absolute Gasteiger partial charge is 0.383 e. The Morgan fingerprint density at radius 3 is 2.38 bits per heavy atom. The average molecular weight is 339 g/mol. The van der Waals surface area contributed by atoms with Crippen LogP contribution in [-0.2, 0) is 0 Å². The van der Waals surface area contributed by atoms with Crippen LogP contribution in [0.2, 0.25) is 0 Å². The Labute approximate surface area is 148 Å². The summed E-state index contributed by atoms with van der Waals surface area (Å²) in [7, 11) is 0. The molecule has 26 heavy (non-hydrogen) atoms. The molecule has 7 heteroatoms. The molecule has 0 saturated heterocycles. The molecule has 0 amide bonds. The van der Waals surface area contributed by atoms with E-state index >= 15 is 0 Å². The van der Waals surface area contributed by atoms with Crippen LogP contribution in [-0.4, -0.2) is 29.9 Å². The van der Waals surface area contributed by atoms with Gasteiger partial charge in [-0.05, 0) is 0 Å². The van der Waals surface area contributed by atoms with Crippen LogP contribution in [0.4, 0.5) is 5.82 Å². The van der Waals surface area contributed by atoms with E-state index < -0.39 is 0 Å². The number of benzene rings is 2. The highest BCUT2D eigenvalue weighted by Gasteiger charge is 2.16. The monoisotopic (exact) mass is 339 g/mol. The third-order valence-corrected chi connectivity index (χ3v) is 4.31. The summed E-state index contributed by atoms with van der Waals surface area (Å²) < 4.78 is 1.65. The van der Waals surface area contributed by atoms with Crippen molar-refractivity contribution >= 4 is 27.6 Å². The molecule has 0 radical (unpaired) electrons. The Kier molecular flexibility index (Phi) is 3.11. The van der Waals surface area contributed by atoms with E-state index in [1.807, 2.05) is 54.6 Å². The highest BCUT2D eigenvalue weighted by Crippen LogP contribution is 2.30. The Balaban J connectivity index is 1.81. The lowest BCUT2D eigenvalue weighted by Crippen LogP contribution is -2.05. The molecule has 2 aromatic carbocycles. The van der Waals surface area contributed by atoms with Gasteiger partial charge in [-0.1, -0.05) is 54.6 Å². The second kappa shape index (κ2) is 5.59. The molecule has 0 bridgehead atoms. The molecule has 0 aliphatic carbocycles. The van der Waals surface area contributed by atoms with Gasteiger partial charge in [0.05, 0.1) is 11.6 Å². The number of nitrogens with two attached hydrogens (primary N) is 1. The molecule has 0 aliphatic heterocycles. The average Bonchev–Trinajstić information content (AvgIpc) is 3.13. The molecule has 124 valence electrons. The molecule has 0 unspecified atom stereocenters. The Morgan fingerprint density at radius 2 is 1.54 bits per heavy atom. The Hall–Kier alpha value is -3.87. The molecule has 3 aromatic heterocycles. The molecule has 5 aromatic rings. The maximum Gasteiger partial charge on any atom is 0.185 e. The summed E-state index contributed by atoms with van der Waals surface area (Å²) in [6, 6.07) is 18.0. The first-order valence-corrected chi connectivity index (χ1v) is 8.08. The normalized spacial score (nSPS) is 11.2. The first kappa shape index (κ1) is 14.5. The van der Waals surface area contributed by atoms with E-state index in [2.05, 4.69) is 25.3 Å². The molecule has 0 atom stereocenters. The van der Waals surface area contributed by atoms with Crippen LogP contribution in [0.5, 0.6) is 0 Å². The molecular formula is C19H13N7. The summed E-state index contributed by atoms with van der Waals surface area (Å²) in [6.45, 7) is 0. The van der Waals surface area contributed by atoms with Gasteiger partial charge in [-0.25, -0.2) is 9.97 Å². The van der Waals surface area contributed by atoms with Gasteiger partial charge in [0.2, 0.25) is 0 Å². The van der Waals surface area contributed by atoms with Gasteiger partial charge in [-0.2, -0.15) is 9.78 Å². The number of aromatic nitrogens is 6. The summed E-state index contributed by atoms with van der Waals surface area (Å²) in [5, 5.41) is 16.0. The van der Waals surface area contributed by atoms with Gasteiger partial charge in [0.25, 0.3) is 0 Å². The summed E-state index contributed by atoms with van der Waals surface area (Å²) in [6.07, 6.45) is 3.07. The van der Waals surface area contributed by atoms with Crippen LogP contribution in [0, 0.1) is 0 Å². The fourth-order valence-corrected chi connectivity index (χ4v) is 3.07. The van der Waals surface area contributed by atoms with Crippen molar-refractivity contribution < 1.29 is 0 Å². The van der Waals surface area contributed by atoms with Gasteiger partial charge in [-0.15, -0.1) is 10.2 Å². The zero-order chi connectivity index (χ0) is 17.5. The topological polar surface area (TPSA) is 95.4 Å². The minimum atomic E-state index is 0.388. The van der Waals surface area contributed by atoms with E-state index in [0.29, 0.717) is 22.7 Å². The number of nitrogen functional groups attached to an aromatic ring is 1. The maximum absolute atomic E-state index is 5.92. The minimum absolute atomic E-state index is 0.388. The molecule has 3 heterocycles. The first-order chi connectivity index (χ1) is 12.8. The third-order valence-electron chi connectivity index (χ3n) is 4.31. The number of fused-ring (bicyclic) bond motifs is 2. The lowest BCUT2D eigenvalue weighted by atomic mass is 10.0. The predicted molar refractivity (Wildman–Crippen MR) is 99.6 cm³/mol. The standard InChI is InChI=1S/C19H13N7/c20-17-15-10-23-26(18(15)22-11-21-17)19-14-9-5-4-8-13(14)16(24-25-19)12-6-2-1-3-7-12/h1-11H,(H2,20,21,22). The van der Waals surface area contributed by atoms with Crippen molar-refractivity contribution in [1.29, 1.82) is 0 Å². The van der Waals surface area contributed by atoms with Crippen LogP contribution in [0.3, 0.4) is 0 Å². The quantitative estimate of drug-likeness (QED) is 0.531. The van der Waals surface area contributed by atoms with Crippen molar-refractivity contribution in [2.24, 2.45) is 0 Å². The summed E-state index contributed by atoms with van der Waals surface area (Å²) in [5.41, 5.74) is 8.36. The van der Waals surface area contributed by atoms with Crippen molar-refractivity contribution in [2.45, 2.75) is 0 Å². The van der Waals surface area contributed by atoms with E-state index in [-0.39, 0.29) is 0 Å². The summed E-state index contributed by atoms with van der Waals surface area (Å²) >= 11 is 0. The number of nitrogens with zero attached hydrogens (tertiary/aromatic N) is 6. The third kappa shape index (κ3) is 2.11. The first-order valence-electron chi connectivity index (χ1n) is 8.08. The fraction of sp³-hybridized carbons (Fsp3) is 0. The second-order valence-corrected chi connectivity index (χ2v) is 5.84. The Morgan fingerprint density at radius 1 is 0.769 bits per heavy atom. The minimum Gasteiger partial charge on any atom is -0.383 e. The van der Waals surface area contributed by atoms with Crippen LogP contribution in [0.25, 0.3) is 38.9 Å². The van der Waals surface area contributed by atoms with E-state index in [1.165, 1.54) is 6.33 Å². The predicted octanol–water partition coefficient (Wildman–Crippen LogP) is 3.01. The van der Waals surface area contributed by atoms with Crippen molar-refractivity contribution in [3.63, 3.8) is 0 Å². The fourth-order valence-electron chi connectivity index (χ4n) is 3.07. The molecule has 0 saturated carbocycles. The molecule has 0 spiro atoms. The molecule has 7 nitrogen and oxygen atoms in total. The van der Waals surface area contributed by atoms with Crippen molar-refractivity contribution in [1.82, 2.24) is 29.9 Å². The van der Waals surface area contributed by atoms with Gasteiger partial charge in [0.15, 0.2) is 11.5 Å². The van der Waals surface area contributed by atoms with Crippen molar-refractivity contribution in [3.8, 4) is 17.1 Å². The van der Waals surface area contributed by atoms with Gasteiger partial charge in [0.1, 0.15) is 17.8 Å². The number of rotatable bonds is 2. The molecule has 0 aliphatic rings. The zero-order valence-corrected chi connectivity index (χ0v) is 13.6. The lowest BCUT2D eigenvalue weighted by Gasteiger charge is -2.09. The molecule has 0 fully saturated rings. The molecule has 2 N–H and O–H groups in total. The molecular weight excluding hydrogens is 326 g/mol. The van der Waals surface area contributed by atoms with Crippen LogP contribution in [0.1, 0.15) is 0 Å². The van der Waals surface area contributed by atoms with E-state index in [4.69, 9.17) is 5.73 Å². The van der Waals surface area contributed by atoms with Gasteiger partial charge >= 0.3 is 0 Å². The molecule has 5 rings (SSSR count). The van der Waals surface area contributed by atoms with Gasteiger partial charge < -0.3 is 5.73 Å². The number of anilines is 1. The highest BCUT2D eigenvalue weighted by molar-refractivity contribution is 5.98. The number of hydrogen-bond acceptors (Lipinski definition) is 6. The smallest absolute Gasteiger partial charge is 0.185 e. The van der Waals surface area contributed by atoms with Crippen molar-refractivity contribution in [2.75, 3.05) is 5.73 Å². The van der Waals surface area contributed by atoms with E-state index in [0.717, 1.165) is 22.0 Å². The van der Waals surface area contributed by atoms with E-state index in [9.17, 15) is 0 Å². The van der Waals surface area contributed by atoms with Gasteiger partial charge in [-0.3, -0.25) is 0 Å². The van der Waals surface area contributed by atoms with Crippen LogP contribution >= 0.6 is 0 Å². The zero-order valence-electron chi connectivity index (χ0n) is 13.6.